The van der Waals surface area contributed by atoms with Gasteiger partial charge in [-0.05, 0) is 31.3 Å². The van der Waals surface area contributed by atoms with Gasteiger partial charge in [-0.1, -0.05) is 24.3 Å². The van der Waals surface area contributed by atoms with Gasteiger partial charge in [-0.15, -0.1) is 0 Å². The smallest absolute Gasteiger partial charge is 0.241 e. The first-order chi connectivity index (χ1) is 7.08. The predicted molar refractivity (Wildman–Crippen MR) is 62.1 cm³/mol. The SMILES string of the molecule is CN(C)Cc1ccc(/C=C\C(N)=O)cc1. The highest BCUT2D eigenvalue weighted by Crippen LogP contribution is 2.07. The highest BCUT2D eigenvalue weighted by Gasteiger charge is 1.94. The second kappa shape index (κ2) is 5.32. The van der Waals surface area contributed by atoms with Gasteiger partial charge in [0.25, 0.3) is 0 Å². The third-order valence-corrected chi connectivity index (χ3v) is 1.92. The van der Waals surface area contributed by atoms with Crippen LogP contribution in [0.15, 0.2) is 30.3 Å². The van der Waals surface area contributed by atoms with Crippen molar-refractivity contribution in [3.05, 3.63) is 41.5 Å². The fourth-order valence-electron chi connectivity index (χ4n) is 1.28. The van der Waals surface area contributed by atoms with Gasteiger partial charge >= 0.3 is 0 Å². The van der Waals surface area contributed by atoms with E-state index in [0.29, 0.717) is 0 Å². The van der Waals surface area contributed by atoms with E-state index in [1.807, 2.05) is 38.4 Å². The molecule has 0 unspecified atom stereocenters. The lowest BCUT2D eigenvalue weighted by Gasteiger charge is -2.09. The number of hydrogen-bond acceptors (Lipinski definition) is 2. The number of rotatable bonds is 4. The van der Waals surface area contributed by atoms with Gasteiger partial charge in [0.2, 0.25) is 5.91 Å². The van der Waals surface area contributed by atoms with Crippen LogP contribution in [0.2, 0.25) is 0 Å². The molecule has 2 N–H and O–H groups in total. The molecule has 0 spiro atoms. The molecule has 3 heteroatoms. The molecule has 0 aliphatic rings. The molecule has 1 aromatic rings. The van der Waals surface area contributed by atoms with Gasteiger partial charge in [0.05, 0.1) is 0 Å². The average Bonchev–Trinajstić information content (AvgIpc) is 2.16. The molecule has 0 atom stereocenters. The van der Waals surface area contributed by atoms with Gasteiger partial charge < -0.3 is 10.6 Å². The second-order valence-corrected chi connectivity index (χ2v) is 3.72. The molecule has 1 aromatic carbocycles. The molecule has 0 fully saturated rings. The van der Waals surface area contributed by atoms with Gasteiger partial charge in [-0.3, -0.25) is 4.79 Å². The zero-order valence-corrected chi connectivity index (χ0v) is 9.10. The molecule has 0 bridgehead atoms. The van der Waals surface area contributed by atoms with E-state index in [4.69, 9.17) is 5.73 Å². The molecule has 15 heavy (non-hydrogen) atoms. The third kappa shape index (κ3) is 4.42. The van der Waals surface area contributed by atoms with Crippen molar-refractivity contribution in [2.24, 2.45) is 5.73 Å². The Morgan fingerprint density at radius 3 is 2.40 bits per heavy atom. The highest BCUT2D eigenvalue weighted by atomic mass is 16.1. The van der Waals surface area contributed by atoms with Crippen LogP contribution in [0, 0.1) is 0 Å². The molecule has 0 saturated carbocycles. The van der Waals surface area contributed by atoms with E-state index in [1.54, 1.807) is 6.08 Å². The van der Waals surface area contributed by atoms with Crippen molar-refractivity contribution >= 4 is 12.0 Å². The highest BCUT2D eigenvalue weighted by molar-refractivity contribution is 5.90. The minimum Gasteiger partial charge on any atom is -0.366 e. The van der Waals surface area contributed by atoms with Crippen LogP contribution < -0.4 is 5.73 Å². The normalized spacial score (nSPS) is 11.1. The molecule has 0 aromatic heterocycles. The van der Waals surface area contributed by atoms with Crippen molar-refractivity contribution in [2.75, 3.05) is 14.1 Å². The number of benzene rings is 1. The summed E-state index contributed by atoms with van der Waals surface area (Å²) in [6.45, 7) is 0.916. The van der Waals surface area contributed by atoms with Crippen LogP contribution in [0.25, 0.3) is 6.08 Å². The zero-order chi connectivity index (χ0) is 11.3. The quantitative estimate of drug-likeness (QED) is 0.750. The lowest BCUT2D eigenvalue weighted by atomic mass is 10.1. The Morgan fingerprint density at radius 2 is 1.93 bits per heavy atom. The summed E-state index contributed by atoms with van der Waals surface area (Å²) in [4.78, 5) is 12.6. The maximum absolute atomic E-state index is 10.5. The largest absolute Gasteiger partial charge is 0.366 e. The van der Waals surface area contributed by atoms with Gasteiger partial charge in [-0.25, -0.2) is 0 Å². The van der Waals surface area contributed by atoms with Crippen molar-refractivity contribution in [3.63, 3.8) is 0 Å². The molecular formula is C12H16N2O. The van der Waals surface area contributed by atoms with E-state index in [0.717, 1.165) is 12.1 Å². The molecule has 0 saturated heterocycles. The van der Waals surface area contributed by atoms with Gasteiger partial charge in [0.15, 0.2) is 0 Å². The van der Waals surface area contributed by atoms with E-state index < -0.39 is 5.91 Å². The average molecular weight is 204 g/mol. The van der Waals surface area contributed by atoms with Gasteiger partial charge in [0, 0.05) is 12.6 Å². The van der Waals surface area contributed by atoms with Crippen molar-refractivity contribution in [2.45, 2.75) is 6.54 Å². The minimum atomic E-state index is -0.424. The number of nitrogens with zero attached hydrogens (tertiary/aromatic N) is 1. The number of carbonyl (C=O) groups excluding carboxylic acids is 1. The summed E-state index contributed by atoms with van der Waals surface area (Å²) in [5, 5.41) is 0. The number of amides is 1. The summed E-state index contributed by atoms with van der Waals surface area (Å²) < 4.78 is 0. The van der Waals surface area contributed by atoms with E-state index in [1.165, 1.54) is 11.6 Å². The Bertz CT molecular complexity index is 352. The molecule has 0 aliphatic heterocycles. The van der Waals surface area contributed by atoms with Crippen LogP contribution in [0.5, 0.6) is 0 Å². The van der Waals surface area contributed by atoms with Crippen LogP contribution >= 0.6 is 0 Å². The molecule has 0 aliphatic carbocycles. The number of carbonyl (C=O) groups is 1. The first kappa shape index (κ1) is 11.5. The number of hydrogen-bond donors (Lipinski definition) is 1. The minimum absolute atomic E-state index is 0.424. The van der Waals surface area contributed by atoms with Crippen LogP contribution in [0.4, 0.5) is 0 Å². The summed E-state index contributed by atoms with van der Waals surface area (Å²) in [6, 6.07) is 8.03. The maximum atomic E-state index is 10.5. The van der Waals surface area contributed by atoms with E-state index in [-0.39, 0.29) is 0 Å². The van der Waals surface area contributed by atoms with E-state index in [2.05, 4.69) is 4.90 Å². The van der Waals surface area contributed by atoms with Crippen LogP contribution in [0.1, 0.15) is 11.1 Å². The molecule has 0 heterocycles. The van der Waals surface area contributed by atoms with Gasteiger partial charge in [-0.2, -0.15) is 0 Å². The molecule has 1 rings (SSSR count). The van der Waals surface area contributed by atoms with Crippen LogP contribution in [-0.4, -0.2) is 24.9 Å². The third-order valence-electron chi connectivity index (χ3n) is 1.92. The van der Waals surface area contributed by atoms with Crippen molar-refractivity contribution in [1.82, 2.24) is 4.90 Å². The summed E-state index contributed by atoms with van der Waals surface area (Å²) in [6.07, 6.45) is 3.07. The number of primary amides is 1. The van der Waals surface area contributed by atoms with Crippen LogP contribution in [-0.2, 0) is 11.3 Å². The first-order valence-electron chi connectivity index (χ1n) is 4.79. The lowest BCUT2D eigenvalue weighted by molar-refractivity contribution is -0.113. The molecule has 0 radical (unpaired) electrons. The van der Waals surface area contributed by atoms with Gasteiger partial charge in [0.1, 0.15) is 0 Å². The van der Waals surface area contributed by atoms with E-state index >= 15 is 0 Å². The summed E-state index contributed by atoms with van der Waals surface area (Å²) in [7, 11) is 4.06. The standard InChI is InChI=1S/C12H16N2O/c1-14(2)9-11-5-3-10(4-6-11)7-8-12(13)15/h3-8H,9H2,1-2H3,(H2,13,15)/b8-7-. The molecular weight excluding hydrogens is 188 g/mol. The molecule has 3 nitrogen and oxygen atoms in total. The number of nitrogens with two attached hydrogens (primary N) is 1. The van der Waals surface area contributed by atoms with Crippen molar-refractivity contribution in [1.29, 1.82) is 0 Å². The Labute approximate surface area is 90.2 Å². The maximum Gasteiger partial charge on any atom is 0.241 e. The summed E-state index contributed by atoms with van der Waals surface area (Å²) >= 11 is 0. The monoisotopic (exact) mass is 204 g/mol. The van der Waals surface area contributed by atoms with Crippen molar-refractivity contribution < 1.29 is 4.79 Å². The van der Waals surface area contributed by atoms with Crippen molar-refractivity contribution in [3.8, 4) is 0 Å². The molecule has 80 valence electrons. The Morgan fingerprint density at radius 1 is 1.33 bits per heavy atom. The predicted octanol–water partition coefficient (Wildman–Crippen LogP) is 1.25. The Kier molecular flexibility index (Phi) is 4.06. The summed E-state index contributed by atoms with van der Waals surface area (Å²) in [5.74, 6) is -0.424. The fourth-order valence-corrected chi connectivity index (χ4v) is 1.28. The van der Waals surface area contributed by atoms with E-state index in [9.17, 15) is 4.79 Å². The fraction of sp³-hybridized carbons (Fsp3) is 0.250. The van der Waals surface area contributed by atoms with Crippen LogP contribution in [0.3, 0.4) is 0 Å². The Balaban J connectivity index is 2.68. The Hall–Kier alpha value is -1.61. The first-order valence-corrected chi connectivity index (χ1v) is 4.79. The molecule has 1 amide bonds. The topological polar surface area (TPSA) is 46.3 Å². The lowest BCUT2D eigenvalue weighted by Crippen LogP contribution is -2.10. The zero-order valence-electron chi connectivity index (χ0n) is 9.10. The summed E-state index contributed by atoms with van der Waals surface area (Å²) in [5.41, 5.74) is 7.23. The second-order valence-electron chi connectivity index (χ2n) is 3.72.